The zero-order valence-corrected chi connectivity index (χ0v) is 45.4. The highest BCUT2D eigenvalue weighted by molar-refractivity contribution is 5.73. The summed E-state index contributed by atoms with van der Waals surface area (Å²) in [5.74, 6) is -3.90. The Hall–Kier alpha value is -4.08. The highest BCUT2D eigenvalue weighted by Gasteiger charge is 2.54. The number of aliphatic hydroxyl groups excluding tert-OH is 1. The summed E-state index contributed by atoms with van der Waals surface area (Å²) in [4.78, 5) is 81.5. The molecule has 3 heterocycles. The topological polar surface area (TPSA) is 221 Å². The molecule has 1 aromatic rings. The Labute approximate surface area is 432 Å². The maximum Gasteiger partial charge on any atom is 0.309 e. The van der Waals surface area contributed by atoms with Gasteiger partial charge in [-0.15, -0.1) is 0 Å². The van der Waals surface area contributed by atoms with Gasteiger partial charge in [-0.2, -0.15) is 0 Å². The van der Waals surface area contributed by atoms with Crippen molar-refractivity contribution in [2.45, 2.75) is 218 Å². The largest absolute Gasteiger partial charge is 0.463 e. The van der Waals surface area contributed by atoms with Crippen molar-refractivity contribution in [1.29, 1.82) is 0 Å². The summed E-state index contributed by atoms with van der Waals surface area (Å²) in [6.45, 7) is 16.5. The molecular weight excluding hydrogens is 949 g/mol. The number of benzene rings is 1. The fourth-order valence-electron chi connectivity index (χ4n) is 10.5. The van der Waals surface area contributed by atoms with E-state index in [2.05, 4.69) is 17.0 Å². The van der Waals surface area contributed by atoms with Crippen LogP contribution in [0.4, 0.5) is 0 Å². The molecule has 16 atom stereocenters. The maximum atomic E-state index is 13.8. The molecule has 1 N–H and O–H groups in total. The van der Waals surface area contributed by atoms with Gasteiger partial charge in [0, 0.05) is 53.2 Å². The van der Waals surface area contributed by atoms with E-state index >= 15 is 0 Å². The highest BCUT2D eigenvalue weighted by Crippen LogP contribution is 2.39. The first-order valence-corrected chi connectivity index (χ1v) is 26.3. The number of methoxy groups -OCH3 is 1. The highest BCUT2D eigenvalue weighted by atomic mass is 16.7. The lowest BCUT2D eigenvalue weighted by atomic mass is 9.82. The van der Waals surface area contributed by atoms with E-state index in [0.29, 0.717) is 25.9 Å². The summed E-state index contributed by atoms with van der Waals surface area (Å²) in [7, 11) is 4.89. The van der Waals surface area contributed by atoms with Crippen molar-refractivity contribution in [1.82, 2.24) is 9.80 Å². The van der Waals surface area contributed by atoms with Crippen LogP contribution in [0.15, 0.2) is 30.3 Å². The van der Waals surface area contributed by atoms with Crippen molar-refractivity contribution in [2.75, 3.05) is 40.8 Å². The molecule has 0 amide bonds. The fourth-order valence-corrected chi connectivity index (χ4v) is 10.5. The number of hydrogen-bond acceptors (Lipinski definition) is 19. The maximum absolute atomic E-state index is 13.8. The second-order valence-electron chi connectivity index (χ2n) is 20.5. The summed E-state index contributed by atoms with van der Waals surface area (Å²) in [6.07, 6.45) is -7.61. The molecule has 414 valence electrons. The fraction of sp³-hybridized carbons (Fsp3) is 0.778. The van der Waals surface area contributed by atoms with Gasteiger partial charge in [-0.3, -0.25) is 28.9 Å². The lowest BCUT2D eigenvalue weighted by molar-refractivity contribution is -0.344. The minimum Gasteiger partial charge on any atom is -0.463 e. The molecule has 0 radical (unpaired) electrons. The van der Waals surface area contributed by atoms with Crippen molar-refractivity contribution in [3.8, 4) is 0 Å². The van der Waals surface area contributed by atoms with Gasteiger partial charge in [-0.05, 0) is 111 Å². The minimum atomic E-state index is -1.45. The van der Waals surface area contributed by atoms with Crippen LogP contribution in [0.3, 0.4) is 0 Å². The van der Waals surface area contributed by atoms with E-state index in [1.165, 1.54) is 26.5 Å². The van der Waals surface area contributed by atoms with Gasteiger partial charge in [0.15, 0.2) is 24.3 Å². The van der Waals surface area contributed by atoms with Crippen LogP contribution in [0.1, 0.15) is 132 Å². The molecule has 1 aromatic carbocycles. The SMILES string of the molecule is CCC(=O)O[C@@H]1CC(=O)O[C@H](C)CCCN(CCCCc2ccccc2)C[C@H](OC(C)=O)[C@H](C)C[C@H](CC=O)[C@H](O[C@@H]2OC(C)[C@@H](O[C@H]3CC(C)(OC(C)=O)[C@@H](OC(=O)CC)C(C)O3)C(N(C)C)C2O)[C@H]1OC. The molecule has 0 bridgehead atoms. The standard InChI is InChI=1S/C54H86N2O17/c1-13-43(60)69-41-30-45(62)65-34(4)21-20-27-56(26-19-18-24-39-22-16-15-17-23-39)32-42(68-37(7)58)33(3)29-40(25-28-57)50(51(41)64-12)72-53-48(63)47(55(10)11)49(35(5)67-53)71-46-31-54(9,73-38(8)59)52(36(6)66-46)70-44(61)14-2/h15-17,22-23,28,33-36,40-42,46-53,63H,13-14,18-21,24-27,29-32H2,1-12H3/t33-,34-,35?,36?,40+,41-,42+,46+,47?,48?,49-,50+,51+,52+,53+,54?/m1/s1. The summed E-state index contributed by atoms with van der Waals surface area (Å²) < 4.78 is 62.0. The molecule has 19 nitrogen and oxygen atoms in total. The number of carbonyl (C=O) groups excluding carboxylic acids is 6. The van der Waals surface area contributed by atoms with Crippen LogP contribution in [0, 0.1) is 11.8 Å². The van der Waals surface area contributed by atoms with E-state index in [1.807, 2.05) is 32.0 Å². The number of aryl methyl sites for hydroxylation is 1. The summed E-state index contributed by atoms with van der Waals surface area (Å²) in [5.41, 5.74) is -0.0827. The summed E-state index contributed by atoms with van der Waals surface area (Å²) >= 11 is 0. The molecular formula is C54H86N2O17. The number of ether oxygens (including phenoxy) is 10. The molecule has 0 aromatic heterocycles. The normalized spacial score (nSPS) is 34.3. The van der Waals surface area contributed by atoms with Crippen molar-refractivity contribution in [3.63, 3.8) is 0 Å². The van der Waals surface area contributed by atoms with Gasteiger partial charge in [-0.1, -0.05) is 51.1 Å². The average Bonchev–Trinajstić information content (AvgIpc) is 3.31. The van der Waals surface area contributed by atoms with Crippen LogP contribution < -0.4 is 0 Å². The van der Waals surface area contributed by atoms with Crippen molar-refractivity contribution in [3.05, 3.63) is 35.9 Å². The summed E-state index contributed by atoms with van der Waals surface area (Å²) in [5, 5.41) is 12.4. The number of cyclic esters (lactones) is 1. The van der Waals surface area contributed by atoms with Gasteiger partial charge < -0.3 is 62.2 Å². The van der Waals surface area contributed by atoms with Gasteiger partial charge in [0.1, 0.15) is 36.8 Å². The van der Waals surface area contributed by atoms with Crippen LogP contribution in [0.5, 0.6) is 0 Å². The number of hydrogen-bond donors (Lipinski definition) is 1. The number of aliphatic hydroxyl groups is 1. The van der Waals surface area contributed by atoms with Crippen LogP contribution >= 0.6 is 0 Å². The van der Waals surface area contributed by atoms with Crippen molar-refractivity contribution >= 4 is 36.1 Å². The third-order valence-electron chi connectivity index (χ3n) is 14.1. The first-order chi connectivity index (χ1) is 34.6. The third-order valence-corrected chi connectivity index (χ3v) is 14.1. The Balaban J connectivity index is 1.72. The molecule has 73 heavy (non-hydrogen) atoms. The monoisotopic (exact) mass is 1030 g/mol. The predicted octanol–water partition coefficient (Wildman–Crippen LogP) is 5.51. The second kappa shape index (κ2) is 29.9. The van der Waals surface area contributed by atoms with E-state index in [-0.39, 0.29) is 38.0 Å². The van der Waals surface area contributed by atoms with E-state index in [1.54, 1.807) is 53.6 Å². The van der Waals surface area contributed by atoms with E-state index in [0.717, 1.165) is 32.1 Å². The Kier molecular flexibility index (Phi) is 25.1. The zero-order valence-electron chi connectivity index (χ0n) is 45.4. The number of nitrogens with zero attached hydrogens (tertiary/aromatic N) is 2. The molecule has 3 aliphatic rings. The van der Waals surface area contributed by atoms with E-state index < -0.39 is 127 Å². The molecule has 3 aliphatic heterocycles. The van der Waals surface area contributed by atoms with Crippen molar-refractivity contribution < 1.29 is 81.2 Å². The average molecular weight is 1040 g/mol. The quantitative estimate of drug-likeness (QED) is 0.0781. The molecule has 0 saturated carbocycles. The van der Waals surface area contributed by atoms with E-state index in [4.69, 9.17) is 47.4 Å². The van der Waals surface area contributed by atoms with Crippen LogP contribution in [0.2, 0.25) is 0 Å². The van der Waals surface area contributed by atoms with Gasteiger partial charge in [0.05, 0.1) is 36.9 Å². The van der Waals surface area contributed by atoms with Crippen LogP contribution in [-0.2, 0) is 82.6 Å². The smallest absolute Gasteiger partial charge is 0.309 e. The minimum absolute atomic E-state index is 0.0204. The molecule has 4 rings (SSSR count). The van der Waals surface area contributed by atoms with Crippen LogP contribution in [0.25, 0.3) is 0 Å². The number of likely N-dealkylation sites (N-methyl/N-ethyl adjacent to an activating group) is 1. The van der Waals surface area contributed by atoms with Gasteiger partial charge >= 0.3 is 29.8 Å². The van der Waals surface area contributed by atoms with Crippen LogP contribution in [-0.4, -0.2) is 177 Å². The van der Waals surface area contributed by atoms with Gasteiger partial charge in [0.25, 0.3) is 0 Å². The number of carbonyl (C=O) groups is 6. The van der Waals surface area contributed by atoms with Crippen molar-refractivity contribution in [2.24, 2.45) is 11.8 Å². The van der Waals surface area contributed by atoms with Gasteiger partial charge in [0.2, 0.25) is 0 Å². The Morgan fingerprint density at radius 3 is 2.18 bits per heavy atom. The number of unbranched alkanes of at least 4 members (excludes halogenated alkanes) is 1. The zero-order chi connectivity index (χ0) is 54.0. The Bertz CT molecular complexity index is 1890. The number of esters is 5. The first kappa shape index (κ1) is 61.5. The molecule has 3 fully saturated rings. The third kappa shape index (κ3) is 18.6. The second-order valence-corrected chi connectivity index (χ2v) is 20.5. The molecule has 0 aliphatic carbocycles. The van der Waals surface area contributed by atoms with E-state index in [9.17, 15) is 33.9 Å². The molecule has 5 unspecified atom stereocenters. The Morgan fingerprint density at radius 2 is 1.56 bits per heavy atom. The first-order valence-electron chi connectivity index (χ1n) is 26.3. The Morgan fingerprint density at radius 1 is 0.877 bits per heavy atom. The lowest BCUT2D eigenvalue weighted by Gasteiger charge is -2.50. The molecule has 3 saturated heterocycles. The number of rotatable bonds is 19. The lowest BCUT2D eigenvalue weighted by Crippen LogP contribution is -2.66. The van der Waals surface area contributed by atoms with Gasteiger partial charge in [-0.25, -0.2) is 0 Å². The summed E-state index contributed by atoms with van der Waals surface area (Å²) in [6, 6.07) is 9.44. The molecule has 0 spiro atoms. The number of aldehydes is 1. The predicted molar refractivity (Wildman–Crippen MR) is 267 cm³/mol. The molecule has 19 heteroatoms.